The van der Waals surface area contributed by atoms with Gasteiger partial charge < -0.3 is 19.2 Å². The van der Waals surface area contributed by atoms with Gasteiger partial charge in [0, 0.05) is 44.0 Å². The number of carbonyl (C=O) groups excluding carboxylic acids is 1. The maximum Gasteiger partial charge on any atom is 0.227 e. The molecule has 0 aromatic carbocycles. The van der Waals surface area contributed by atoms with Crippen molar-refractivity contribution in [1.82, 2.24) is 20.4 Å². The topological polar surface area (TPSA) is 84.4 Å². The lowest BCUT2D eigenvalue weighted by molar-refractivity contribution is -0.121. The van der Waals surface area contributed by atoms with E-state index in [0.717, 1.165) is 56.3 Å². The number of hydrogen-bond donors (Lipinski definition) is 1. The van der Waals surface area contributed by atoms with Crippen LogP contribution in [0.15, 0.2) is 21.2 Å². The predicted octanol–water partition coefficient (Wildman–Crippen LogP) is 4.05. The number of aromatic nitrogens is 2. The molecule has 2 aromatic rings. The van der Waals surface area contributed by atoms with Crippen molar-refractivity contribution in [3.8, 4) is 0 Å². The molecule has 1 saturated heterocycles. The molecule has 1 saturated carbocycles. The van der Waals surface area contributed by atoms with E-state index in [0.29, 0.717) is 17.6 Å². The molecule has 3 heterocycles. The van der Waals surface area contributed by atoms with E-state index in [2.05, 4.69) is 47.2 Å². The Bertz CT molecular complexity index is 899. The van der Waals surface area contributed by atoms with Crippen LogP contribution in [0.3, 0.4) is 0 Å². The fourth-order valence-corrected chi connectivity index (χ4v) is 5.41. The number of amides is 1. The second kappa shape index (κ2) is 9.77. The summed E-state index contributed by atoms with van der Waals surface area (Å²) in [6.07, 6.45) is 8.56. The highest BCUT2D eigenvalue weighted by atomic mass is 16.5. The van der Waals surface area contributed by atoms with Crippen LogP contribution >= 0.6 is 0 Å². The molecular formula is C25H38N4O3. The van der Waals surface area contributed by atoms with E-state index in [1.165, 1.54) is 19.3 Å². The van der Waals surface area contributed by atoms with E-state index in [1.807, 2.05) is 0 Å². The van der Waals surface area contributed by atoms with E-state index in [1.54, 1.807) is 13.1 Å². The average Bonchev–Trinajstić information content (AvgIpc) is 3.48. The largest absolute Gasteiger partial charge is 0.446 e. The molecule has 1 amide bonds. The van der Waals surface area contributed by atoms with Gasteiger partial charge in [0.1, 0.15) is 11.5 Å². The third kappa shape index (κ3) is 5.25. The molecule has 1 aliphatic heterocycles. The Kier molecular flexibility index (Phi) is 7.03. The third-order valence-electron chi connectivity index (χ3n) is 7.73. The summed E-state index contributed by atoms with van der Waals surface area (Å²) in [5.74, 6) is 3.57. The van der Waals surface area contributed by atoms with Gasteiger partial charge in [-0.05, 0) is 50.5 Å². The van der Waals surface area contributed by atoms with Crippen molar-refractivity contribution in [2.45, 2.75) is 84.1 Å². The lowest BCUT2D eigenvalue weighted by Gasteiger charge is -2.30. The minimum absolute atomic E-state index is 0.0361. The lowest BCUT2D eigenvalue weighted by Crippen LogP contribution is -2.38. The Morgan fingerprint density at radius 3 is 2.72 bits per heavy atom. The maximum absolute atomic E-state index is 12.3. The van der Waals surface area contributed by atoms with Crippen molar-refractivity contribution in [2.75, 3.05) is 19.6 Å². The molecule has 2 aromatic heterocycles. The summed E-state index contributed by atoms with van der Waals surface area (Å²) in [5, 5.41) is 7.57. The quantitative estimate of drug-likeness (QED) is 0.664. The number of likely N-dealkylation sites (tertiary alicyclic amines) is 1. The molecular weight excluding hydrogens is 404 g/mol. The van der Waals surface area contributed by atoms with Crippen molar-refractivity contribution in [1.29, 1.82) is 0 Å². The number of carbonyl (C=O) groups is 1. The Morgan fingerprint density at radius 1 is 1.28 bits per heavy atom. The number of nitrogens with one attached hydrogen (secondary N) is 1. The van der Waals surface area contributed by atoms with Gasteiger partial charge in [0.25, 0.3) is 0 Å². The Morgan fingerprint density at radius 2 is 2.06 bits per heavy atom. The van der Waals surface area contributed by atoms with Crippen LogP contribution in [0.4, 0.5) is 0 Å². The fraction of sp³-hybridized carbons (Fsp3) is 0.720. The van der Waals surface area contributed by atoms with Crippen LogP contribution in [0, 0.1) is 18.8 Å². The van der Waals surface area contributed by atoms with E-state index in [4.69, 9.17) is 8.94 Å². The van der Waals surface area contributed by atoms with Crippen molar-refractivity contribution < 1.29 is 13.7 Å². The van der Waals surface area contributed by atoms with Gasteiger partial charge in [0.05, 0.1) is 18.3 Å². The number of nitrogens with zero attached hydrogens (tertiary/aromatic N) is 3. The van der Waals surface area contributed by atoms with Crippen molar-refractivity contribution in [2.24, 2.45) is 11.8 Å². The van der Waals surface area contributed by atoms with Crippen LogP contribution in [-0.2, 0) is 23.1 Å². The fourth-order valence-electron chi connectivity index (χ4n) is 5.41. The van der Waals surface area contributed by atoms with Gasteiger partial charge >= 0.3 is 0 Å². The molecule has 176 valence electrons. The Labute approximate surface area is 191 Å². The van der Waals surface area contributed by atoms with Gasteiger partial charge in [-0.15, -0.1) is 0 Å². The second-order valence-electron chi connectivity index (χ2n) is 10.2. The molecule has 1 N–H and O–H groups in total. The van der Waals surface area contributed by atoms with Gasteiger partial charge in [-0.25, -0.2) is 4.98 Å². The lowest BCUT2D eigenvalue weighted by atomic mass is 9.78. The van der Waals surface area contributed by atoms with Crippen LogP contribution in [-0.4, -0.2) is 46.6 Å². The first kappa shape index (κ1) is 23.0. The van der Waals surface area contributed by atoms with Crippen LogP contribution in [0.2, 0.25) is 0 Å². The SMILES string of the molecule is CCc1cc([C@@]2(C)CN(CC[C@H]3CC[C@H](NC(=O)Cc4cnc(C)o4)CC3)C[C@@H]2C)no1. The molecule has 4 rings (SSSR count). The minimum Gasteiger partial charge on any atom is -0.446 e. The Hall–Kier alpha value is -2.15. The summed E-state index contributed by atoms with van der Waals surface area (Å²) in [4.78, 5) is 18.9. The zero-order chi connectivity index (χ0) is 22.7. The Balaban J connectivity index is 1.18. The molecule has 0 unspecified atom stereocenters. The summed E-state index contributed by atoms with van der Waals surface area (Å²) >= 11 is 0. The van der Waals surface area contributed by atoms with Crippen molar-refractivity contribution in [3.63, 3.8) is 0 Å². The first-order valence-corrected chi connectivity index (χ1v) is 12.2. The summed E-state index contributed by atoms with van der Waals surface area (Å²) in [6, 6.07) is 2.44. The molecule has 7 nitrogen and oxygen atoms in total. The molecule has 0 radical (unpaired) electrons. The first-order chi connectivity index (χ1) is 15.4. The van der Waals surface area contributed by atoms with E-state index in [-0.39, 0.29) is 23.8 Å². The number of oxazole rings is 1. The summed E-state index contributed by atoms with van der Waals surface area (Å²) in [6.45, 7) is 11.9. The van der Waals surface area contributed by atoms with Gasteiger partial charge in [-0.2, -0.15) is 0 Å². The van der Waals surface area contributed by atoms with Gasteiger partial charge in [0.2, 0.25) is 5.91 Å². The zero-order valence-corrected chi connectivity index (χ0v) is 20.0. The normalized spacial score (nSPS) is 28.8. The highest BCUT2D eigenvalue weighted by Crippen LogP contribution is 2.39. The molecule has 2 atom stereocenters. The summed E-state index contributed by atoms with van der Waals surface area (Å²) in [7, 11) is 0. The molecule has 2 fully saturated rings. The highest BCUT2D eigenvalue weighted by molar-refractivity contribution is 5.78. The molecule has 0 bridgehead atoms. The first-order valence-electron chi connectivity index (χ1n) is 12.2. The number of hydrogen-bond acceptors (Lipinski definition) is 6. The monoisotopic (exact) mass is 442 g/mol. The van der Waals surface area contributed by atoms with E-state index >= 15 is 0 Å². The third-order valence-corrected chi connectivity index (χ3v) is 7.73. The standard InChI is InChI=1S/C25H38N4O3/c1-5-21-12-23(28-32-21)25(4)16-29(15-17(25)2)11-10-19-6-8-20(9-7-19)27-24(30)13-22-14-26-18(3)31-22/h12,14,17,19-20H,5-11,13,15-16H2,1-4H3,(H,27,30)/t17-,19-,20-,25-/m0/s1. The molecule has 1 aliphatic carbocycles. The van der Waals surface area contributed by atoms with Crippen molar-refractivity contribution in [3.05, 3.63) is 35.4 Å². The zero-order valence-electron chi connectivity index (χ0n) is 20.0. The maximum atomic E-state index is 12.3. The summed E-state index contributed by atoms with van der Waals surface area (Å²) < 4.78 is 10.9. The van der Waals surface area contributed by atoms with Gasteiger partial charge in [0.15, 0.2) is 5.89 Å². The van der Waals surface area contributed by atoms with Crippen LogP contribution in [0.1, 0.15) is 76.0 Å². The highest BCUT2D eigenvalue weighted by Gasteiger charge is 2.43. The molecule has 7 heteroatoms. The second-order valence-corrected chi connectivity index (χ2v) is 10.2. The predicted molar refractivity (Wildman–Crippen MR) is 122 cm³/mol. The van der Waals surface area contributed by atoms with Gasteiger partial charge in [-0.1, -0.05) is 25.9 Å². The van der Waals surface area contributed by atoms with Crippen LogP contribution in [0.5, 0.6) is 0 Å². The minimum atomic E-state index is 0.0361. The van der Waals surface area contributed by atoms with Gasteiger partial charge in [-0.3, -0.25) is 4.79 Å². The van der Waals surface area contributed by atoms with E-state index in [9.17, 15) is 4.79 Å². The summed E-state index contributed by atoms with van der Waals surface area (Å²) in [5.41, 5.74) is 1.18. The molecule has 0 spiro atoms. The number of aryl methyl sites for hydroxylation is 2. The number of rotatable bonds is 8. The van der Waals surface area contributed by atoms with Crippen LogP contribution < -0.4 is 5.32 Å². The van der Waals surface area contributed by atoms with Crippen LogP contribution in [0.25, 0.3) is 0 Å². The average molecular weight is 443 g/mol. The van der Waals surface area contributed by atoms with Crippen molar-refractivity contribution >= 4 is 5.91 Å². The molecule has 32 heavy (non-hydrogen) atoms. The van der Waals surface area contributed by atoms with E-state index < -0.39 is 0 Å². The molecule has 2 aliphatic rings. The smallest absolute Gasteiger partial charge is 0.227 e.